The molecule has 1 aliphatic rings. The van der Waals surface area contributed by atoms with Gasteiger partial charge >= 0.3 is 0 Å². The second kappa shape index (κ2) is 6.21. The van der Waals surface area contributed by atoms with Crippen molar-refractivity contribution in [3.63, 3.8) is 0 Å². The molecule has 0 saturated heterocycles. The highest BCUT2D eigenvalue weighted by Crippen LogP contribution is 2.40. The summed E-state index contributed by atoms with van der Waals surface area (Å²) in [5.41, 5.74) is 1.73. The van der Waals surface area contributed by atoms with Crippen LogP contribution in [0.2, 0.25) is 0 Å². The minimum absolute atomic E-state index is 0.345. The Hall–Kier alpha value is -0.630. The number of Topliss-reactive ketones (excluding diaryl/α,β-unsaturated/α-hetero) is 1. The quantitative estimate of drug-likeness (QED) is 0.748. The van der Waals surface area contributed by atoms with Crippen molar-refractivity contribution in [1.29, 1.82) is 0 Å². The zero-order chi connectivity index (χ0) is 13.9. The van der Waals surface area contributed by atoms with E-state index < -0.39 is 0 Å². The molecule has 0 radical (unpaired) electrons. The van der Waals surface area contributed by atoms with Crippen LogP contribution in [0.25, 0.3) is 0 Å². The summed E-state index contributed by atoms with van der Waals surface area (Å²) in [7, 11) is 0. The Labute approximate surface area is 121 Å². The van der Waals surface area contributed by atoms with Gasteiger partial charge in [-0.05, 0) is 65.8 Å². The molecule has 1 nitrogen and oxygen atoms in total. The highest BCUT2D eigenvalue weighted by Gasteiger charge is 2.31. The second-order valence-corrected chi connectivity index (χ2v) is 7.79. The molecule has 2 heteroatoms. The zero-order valence-corrected chi connectivity index (χ0v) is 13.3. The van der Waals surface area contributed by atoms with E-state index >= 15 is 0 Å². The van der Waals surface area contributed by atoms with Gasteiger partial charge in [0.2, 0.25) is 0 Å². The van der Waals surface area contributed by atoms with Gasteiger partial charge in [0, 0.05) is 12.3 Å². The molecule has 1 heterocycles. The van der Waals surface area contributed by atoms with Crippen molar-refractivity contribution in [3.05, 3.63) is 22.4 Å². The highest BCUT2D eigenvalue weighted by atomic mass is 32.1. The Bertz CT molecular complexity index is 391. The third-order valence-electron chi connectivity index (χ3n) is 4.65. The van der Waals surface area contributed by atoms with Crippen molar-refractivity contribution in [3.8, 4) is 0 Å². The standard InChI is InChI=1S/C17H26OS/c1-17(2,3)15-7-5-14(6-8-15)16(18)9-4-13-10-11-19-12-13/h10-12,14-15H,4-9H2,1-3H3. The van der Waals surface area contributed by atoms with E-state index in [0.29, 0.717) is 17.1 Å². The van der Waals surface area contributed by atoms with Crippen molar-refractivity contribution >= 4 is 17.1 Å². The Morgan fingerprint density at radius 2 is 1.95 bits per heavy atom. The molecule has 0 amide bonds. The number of carbonyl (C=O) groups is 1. The van der Waals surface area contributed by atoms with Crippen LogP contribution in [0, 0.1) is 17.3 Å². The van der Waals surface area contributed by atoms with Gasteiger partial charge in [-0.15, -0.1) is 0 Å². The Morgan fingerprint density at radius 1 is 1.26 bits per heavy atom. The molecule has 0 unspecified atom stereocenters. The molecule has 1 saturated carbocycles. The van der Waals surface area contributed by atoms with E-state index in [1.54, 1.807) is 11.3 Å². The summed E-state index contributed by atoms with van der Waals surface area (Å²) in [5.74, 6) is 1.64. The van der Waals surface area contributed by atoms with E-state index in [-0.39, 0.29) is 0 Å². The lowest BCUT2D eigenvalue weighted by Crippen LogP contribution is -2.28. The molecule has 2 rings (SSSR count). The molecule has 106 valence electrons. The number of ketones is 1. The van der Waals surface area contributed by atoms with Gasteiger partial charge in [0.1, 0.15) is 5.78 Å². The van der Waals surface area contributed by atoms with Crippen LogP contribution in [0.5, 0.6) is 0 Å². The van der Waals surface area contributed by atoms with Crippen molar-refractivity contribution < 1.29 is 4.79 Å². The van der Waals surface area contributed by atoms with Crippen molar-refractivity contribution in [1.82, 2.24) is 0 Å². The summed E-state index contributed by atoms with van der Waals surface area (Å²) in [6.45, 7) is 6.99. The van der Waals surface area contributed by atoms with Gasteiger partial charge in [-0.2, -0.15) is 11.3 Å². The maximum atomic E-state index is 12.3. The summed E-state index contributed by atoms with van der Waals surface area (Å²) in [6, 6.07) is 2.13. The average molecular weight is 278 g/mol. The van der Waals surface area contributed by atoms with Gasteiger partial charge in [0.05, 0.1) is 0 Å². The van der Waals surface area contributed by atoms with Gasteiger partial charge in [-0.25, -0.2) is 0 Å². The van der Waals surface area contributed by atoms with E-state index in [9.17, 15) is 4.79 Å². The van der Waals surface area contributed by atoms with E-state index in [1.807, 2.05) is 0 Å². The number of hydrogen-bond acceptors (Lipinski definition) is 2. The fraction of sp³-hybridized carbons (Fsp3) is 0.706. The molecule has 0 aromatic carbocycles. The lowest BCUT2D eigenvalue weighted by atomic mass is 9.69. The molecular weight excluding hydrogens is 252 g/mol. The predicted molar refractivity (Wildman–Crippen MR) is 82.6 cm³/mol. The Balaban J connectivity index is 1.76. The Morgan fingerprint density at radius 3 is 2.47 bits per heavy atom. The van der Waals surface area contributed by atoms with Gasteiger partial charge < -0.3 is 0 Å². The van der Waals surface area contributed by atoms with Crippen LogP contribution in [-0.2, 0) is 11.2 Å². The SMILES string of the molecule is CC(C)(C)C1CCC(C(=O)CCc2ccsc2)CC1. The summed E-state index contributed by atoms with van der Waals surface area (Å²) >= 11 is 1.72. The lowest BCUT2D eigenvalue weighted by molar-refractivity contribution is -0.124. The Kier molecular flexibility index (Phi) is 4.83. The minimum atomic E-state index is 0.345. The van der Waals surface area contributed by atoms with Crippen molar-refractivity contribution in [2.45, 2.75) is 59.3 Å². The molecule has 0 N–H and O–H groups in total. The first-order valence-corrected chi connectivity index (χ1v) is 8.45. The molecule has 1 fully saturated rings. The first-order chi connectivity index (χ1) is 8.97. The smallest absolute Gasteiger partial charge is 0.136 e. The van der Waals surface area contributed by atoms with Crippen LogP contribution in [-0.4, -0.2) is 5.78 Å². The van der Waals surface area contributed by atoms with Crippen molar-refractivity contribution in [2.75, 3.05) is 0 Å². The molecule has 1 aliphatic carbocycles. The number of rotatable bonds is 4. The van der Waals surface area contributed by atoms with Crippen LogP contribution in [0.15, 0.2) is 16.8 Å². The van der Waals surface area contributed by atoms with E-state index in [2.05, 4.69) is 37.6 Å². The topological polar surface area (TPSA) is 17.1 Å². The largest absolute Gasteiger partial charge is 0.299 e. The average Bonchev–Trinajstić information content (AvgIpc) is 2.88. The monoisotopic (exact) mass is 278 g/mol. The molecular formula is C17H26OS. The van der Waals surface area contributed by atoms with Gasteiger partial charge in [0.15, 0.2) is 0 Å². The molecule has 0 atom stereocenters. The molecule has 1 aromatic rings. The van der Waals surface area contributed by atoms with Crippen LogP contribution in [0.4, 0.5) is 0 Å². The van der Waals surface area contributed by atoms with E-state index in [0.717, 1.165) is 31.6 Å². The second-order valence-electron chi connectivity index (χ2n) is 7.01. The summed E-state index contributed by atoms with van der Waals surface area (Å²) in [5, 5.41) is 4.25. The molecule has 19 heavy (non-hydrogen) atoms. The van der Waals surface area contributed by atoms with Crippen molar-refractivity contribution in [2.24, 2.45) is 17.3 Å². The van der Waals surface area contributed by atoms with Crippen LogP contribution in [0.3, 0.4) is 0 Å². The third-order valence-corrected chi connectivity index (χ3v) is 5.38. The van der Waals surface area contributed by atoms with Crippen LogP contribution in [0.1, 0.15) is 58.4 Å². The number of hydrogen-bond donors (Lipinski definition) is 0. The lowest BCUT2D eigenvalue weighted by Gasteiger charge is -2.36. The van der Waals surface area contributed by atoms with Gasteiger partial charge in [-0.1, -0.05) is 20.8 Å². The van der Waals surface area contributed by atoms with E-state index in [1.165, 1.54) is 18.4 Å². The zero-order valence-electron chi connectivity index (χ0n) is 12.4. The fourth-order valence-corrected chi connectivity index (χ4v) is 3.89. The van der Waals surface area contributed by atoms with Crippen LogP contribution >= 0.6 is 11.3 Å². The van der Waals surface area contributed by atoms with Gasteiger partial charge in [0.25, 0.3) is 0 Å². The number of aryl methyl sites for hydroxylation is 1. The maximum Gasteiger partial charge on any atom is 0.136 e. The summed E-state index contributed by atoms with van der Waals surface area (Å²) in [4.78, 5) is 12.3. The fourth-order valence-electron chi connectivity index (χ4n) is 3.19. The first-order valence-electron chi connectivity index (χ1n) is 7.50. The minimum Gasteiger partial charge on any atom is -0.299 e. The highest BCUT2D eigenvalue weighted by molar-refractivity contribution is 7.07. The normalized spacial score (nSPS) is 24.4. The van der Waals surface area contributed by atoms with Gasteiger partial charge in [-0.3, -0.25) is 4.79 Å². The number of thiophene rings is 1. The molecule has 0 aliphatic heterocycles. The molecule has 0 bridgehead atoms. The number of carbonyl (C=O) groups excluding carboxylic acids is 1. The van der Waals surface area contributed by atoms with E-state index in [4.69, 9.17) is 0 Å². The predicted octanol–water partition coefficient (Wildman–Crippen LogP) is 5.10. The molecule has 1 aromatic heterocycles. The summed E-state index contributed by atoms with van der Waals surface area (Å²) < 4.78 is 0. The van der Waals surface area contributed by atoms with Crippen LogP contribution < -0.4 is 0 Å². The maximum absolute atomic E-state index is 12.3. The summed E-state index contributed by atoms with van der Waals surface area (Å²) in [6.07, 6.45) is 6.37. The first kappa shape index (κ1) is 14.8. The molecule has 0 spiro atoms. The third kappa shape index (κ3) is 4.17.